The highest BCUT2D eigenvalue weighted by atomic mass is 28.4. The van der Waals surface area contributed by atoms with Crippen LogP contribution in [0.4, 0.5) is 0 Å². The van der Waals surface area contributed by atoms with Crippen molar-refractivity contribution in [1.29, 1.82) is 0 Å². The molecule has 0 spiro atoms. The lowest BCUT2D eigenvalue weighted by Gasteiger charge is -2.26. The molecule has 80 valence electrons. The minimum Gasteiger partial charge on any atom is -0.400 e. The third-order valence-corrected chi connectivity index (χ3v) is 8.83. The molecule has 0 aliphatic carbocycles. The van der Waals surface area contributed by atoms with Crippen molar-refractivity contribution in [1.82, 2.24) is 0 Å². The quantitative estimate of drug-likeness (QED) is 0.582. The van der Waals surface area contributed by atoms with Gasteiger partial charge in [-0.25, -0.2) is 0 Å². The molecule has 0 aromatic rings. The Balaban J connectivity index is 4.21. The van der Waals surface area contributed by atoms with Gasteiger partial charge in [0, 0.05) is 34.1 Å². The Bertz CT molecular complexity index is 118. The van der Waals surface area contributed by atoms with Crippen LogP contribution in [0.5, 0.6) is 0 Å². The van der Waals surface area contributed by atoms with Crippen LogP contribution in [0.25, 0.3) is 0 Å². The Labute approximate surface area is 81.7 Å². The summed E-state index contributed by atoms with van der Waals surface area (Å²) in [6, 6.07) is 0. The van der Waals surface area contributed by atoms with Crippen LogP contribution in [0.15, 0.2) is 0 Å². The topological polar surface area (TPSA) is 57.2 Å². The number of aliphatic hydroxyl groups excluding tert-OH is 1. The van der Waals surface area contributed by atoms with Crippen LogP contribution in [0.1, 0.15) is 0 Å². The normalized spacial score (nSPS) is 12.5. The second-order valence-electron chi connectivity index (χ2n) is 2.58. The molecule has 0 aromatic carbocycles. The van der Waals surface area contributed by atoms with E-state index in [1.807, 2.05) is 0 Å². The number of aliphatic hydroxyl groups is 1. The Hall–Kier alpha value is 0.234. The molecule has 0 aromatic heterocycles. The van der Waals surface area contributed by atoms with Crippen LogP contribution in [0.3, 0.4) is 0 Å². The van der Waals surface area contributed by atoms with Crippen LogP contribution in [-0.4, -0.2) is 57.6 Å². The van der Waals surface area contributed by atoms with E-state index in [9.17, 15) is 0 Å². The van der Waals surface area contributed by atoms with Crippen LogP contribution in [0, 0.1) is 0 Å². The maximum absolute atomic E-state index is 9.14. The van der Waals surface area contributed by atoms with Crippen LogP contribution in [0.2, 0.25) is 5.67 Å². The van der Waals surface area contributed by atoms with E-state index in [4.69, 9.17) is 22.8 Å². The van der Waals surface area contributed by atoms with Crippen molar-refractivity contribution in [2.75, 3.05) is 34.7 Å². The van der Waals surface area contributed by atoms with Gasteiger partial charge in [-0.2, -0.15) is 0 Å². The molecule has 1 N–H and O–H groups in total. The Morgan fingerprint density at radius 2 is 1.54 bits per heavy atom. The third kappa shape index (κ3) is 3.85. The minimum absolute atomic E-state index is 0.0732. The van der Waals surface area contributed by atoms with Gasteiger partial charge < -0.3 is 22.8 Å². The predicted molar refractivity (Wildman–Crippen MR) is 52.8 cm³/mol. The molecule has 0 saturated heterocycles. The first-order valence-corrected chi connectivity index (χ1v) is 7.93. The van der Waals surface area contributed by atoms with Gasteiger partial charge in [-0.15, -0.1) is 0 Å². The summed E-state index contributed by atoms with van der Waals surface area (Å²) >= 11 is 0. The van der Waals surface area contributed by atoms with E-state index in [1.165, 1.54) is 0 Å². The van der Waals surface area contributed by atoms with Crippen LogP contribution < -0.4 is 0 Å². The van der Waals surface area contributed by atoms with Gasteiger partial charge in [0.1, 0.15) is 0 Å². The summed E-state index contributed by atoms with van der Waals surface area (Å²) in [5.74, 6) is 0. The SMILES string of the molecule is CO[SiH](C[Si](CO)(OC)OC)OC. The number of hydrogen-bond donors (Lipinski definition) is 1. The molecule has 0 aliphatic heterocycles. The third-order valence-electron chi connectivity index (χ3n) is 1.99. The maximum atomic E-state index is 9.14. The molecule has 5 nitrogen and oxygen atoms in total. The van der Waals surface area contributed by atoms with E-state index < -0.39 is 17.8 Å². The zero-order chi connectivity index (χ0) is 10.3. The first-order chi connectivity index (χ1) is 6.17. The van der Waals surface area contributed by atoms with E-state index in [0.29, 0.717) is 5.67 Å². The summed E-state index contributed by atoms with van der Waals surface area (Å²) in [6.45, 7) is 0. The van der Waals surface area contributed by atoms with Crippen molar-refractivity contribution < 1.29 is 22.8 Å². The largest absolute Gasteiger partial charge is 0.400 e. The van der Waals surface area contributed by atoms with E-state index in [-0.39, 0.29) is 6.23 Å². The lowest BCUT2D eigenvalue weighted by molar-refractivity contribution is 0.194. The molecule has 0 bridgehead atoms. The molecule has 0 fully saturated rings. The molecule has 0 radical (unpaired) electrons. The fourth-order valence-electron chi connectivity index (χ4n) is 0.960. The molecule has 0 heterocycles. The van der Waals surface area contributed by atoms with Gasteiger partial charge in [0.15, 0.2) is 0 Å². The molecule has 0 saturated carbocycles. The minimum atomic E-state index is -2.46. The van der Waals surface area contributed by atoms with Crippen molar-refractivity contribution in [3.63, 3.8) is 0 Å². The molecule has 0 atom stereocenters. The predicted octanol–water partition coefficient (Wildman–Crippen LogP) is -0.695. The fourth-order valence-corrected chi connectivity index (χ4v) is 6.79. The maximum Gasteiger partial charge on any atom is 0.365 e. The highest BCUT2D eigenvalue weighted by molar-refractivity contribution is 6.78. The second-order valence-corrected chi connectivity index (χ2v) is 8.97. The van der Waals surface area contributed by atoms with Gasteiger partial charge in [-0.05, 0) is 0 Å². The average molecular weight is 226 g/mol. The summed E-state index contributed by atoms with van der Waals surface area (Å²) in [5.41, 5.74) is 0.587. The van der Waals surface area contributed by atoms with Gasteiger partial charge in [0.25, 0.3) is 0 Å². The number of hydrogen-bond acceptors (Lipinski definition) is 5. The second kappa shape index (κ2) is 6.65. The molecule has 0 rings (SSSR count). The average Bonchev–Trinajstić information content (AvgIpc) is 2.21. The molecule has 7 heteroatoms. The van der Waals surface area contributed by atoms with Crippen molar-refractivity contribution in [3.05, 3.63) is 0 Å². The van der Waals surface area contributed by atoms with Crippen molar-refractivity contribution in [3.8, 4) is 0 Å². The smallest absolute Gasteiger partial charge is 0.365 e. The van der Waals surface area contributed by atoms with Crippen molar-refractivity contribution in [2.24, 2.45) is 0 Å². The van der Waals surface area contributed by atoms with E-state index in [1.54, 1.807) is 28.4 Å². The Morgan fingerprint density at radius 3 is 1.77 bits per heavy atom. The lowest BCUT2D eigenvalue weighted by Crippen LogP contribution is -2.49. The molecule has 0 aliphatic rings. The number of rotatable bonds is 7. The van der Waals surface area contributed by atoms with Crippen molar-refractivity contribution >= 4 is 17.8 Å². The fraction of sp³-hybridized carbons (Fsp3) is 1.00. The van der Waals surface area contributed by atoms with Crippen LogP contribution in [-0.2, 0) is 17.7 Å². The summed E-state index contributed by atoms with van der Waals surface area (Å²) in [5, 5.41) is 9.14. The summed E-state index contributed by atoms with van der Waals surface area (Å²) < 4.78 is 20.7. The molecule has 0 amide bonds. The van der Waals surface area contributed by atoms with Crippen LogP contribution >= 0.6 is 0 Å². The molecule has 13 heavy (non-hydrogen) atoms. The summed E-state index contributed by atoms with van der Waals surface area (Å²) in [4.78, 5) is 0. The summed E-state index contributed by atoms with van der Waals surface area (Å²) in [6.07, 6.45) is -0.0732. The summed E-state index contributed by atoms with van der Waals surface area (Å²) in [7, 11) is 2.11. The van der Waals surface area contributed by atoms with Gasteiger partial charge in [-0.3, -0.25) is 0 Å². The van der Waals surface area contributed by atoms with Gasteiger partial charge in [-0.1, -0.05) is 0 Å². The van der Waals surface area contributed by atoms with E-state index in [0.717, 1.165) is 0 Å². The monoisotopic (exact) mass is 226 g/mol. The Kier molecular flexibility index (Phi) is 6.77. The van der Waals surface area contributed by atoms with E-state index >= 15 is 0 Å². The zero-order valence-corrected chi connectivity index (χ0v) is 10.7. The van der Waals surface area contributed by atoms with Gasteiger partial charge >= 0.3 is 17.8 Å². The molecular weight excluding hydrogens is 208 g/mol. The first-order valence-electron chi connectivity index (χ1n) is 3.94. The lowest BCUT2D eigenvalue weighted by atomic mass is 11.7. The standard InChI is InChI=1S/C6H18O5Si2/c1-8-12(9-2)6-13(5-7,10-3)11-4/h7,12H,5-6H2,1-4H3. The highest BCUT2D eigenvalue weighted by Gasteiger charge is 2.39. The first kappa shape index (κ1) is 13.2. The zero-order valence-electron chi connectivity index (χ0n) is 8.57. The van der Waals surface area contributed by atoms with E-state index in [2.05, 4.69) is 0 Å². The Morgan fingerprint density at radius 1 is 1.08 bits per heavy atom. The van der Waals surface area contributed by atoms with Gasteiger partial charge in [0.05, 0.1) is 6.23 Å². The highest BCUT2D eigenvalue weighted by Crippen LogP contribution is 2.13. The van der Waals surface area contributed by atoms with Gasteiger partial charge in [0.2, 0.25) is 0 Å². The molecule has 0 unspecified atom stereocenters. The van der Waals surface area contributed by atoms with Crippen molar-refractivity contribution in [2.45, 2.75) is 5.67 Å². The molecular formula is C6H18O5Si2.